The Kier molecular flexibility index (Phi) is 7.95. The highest BCUT2D eigenvalue weighted by Crippen LogP contribution is 2.26. The van der Waals surface area contributed by atoms with Gasteiger partial charge in [-0.2, -0.15) is 0 Å². The molecule has 0 spiro atoms. The lowest BCUT2D eigenvalue weighted by atomic mass is 9.85. The Bertz CT molecular complexity index is 548. The van der Waals surface area contributed by atoms with E-state index in [1.54, 1.807) is 0 Å². The van der Waals surface area contributed by atoms with Crippen LogP contribution in [0.5, 0.6) is 0 Å². The largest absolute Gasteiger partial charge is 0.275 e. The molecule has 148 valence electrons. The van der Waals surface area contributed by atoms with Gasteiger partial charge in [-0.05, 0) is 43.9 Å². The average Bonchev–Trinajstić information content (AvgIpc) is 3.15. The van der Waals surface area contributed by atoms with Crippen LogP contribution in [-0.2, 0) is 19.2 Å². The van der Waals surface area contributed by atoms with Gasteiger partial charge in [0, 0.05) is 37.4 Å². The molecule has 2 aliphatic rings. The van der Waals surface area contributed by atoms with Crippen molar-refractivity contribution in [3.8, 4) is 0 Å². The quantitative estimate of drug-likeness (QED) is 0.492. The Hall–Kier alpha value is -2.24. The molecular formula is C21H30N2O4. The lowest BCUT2D eigenvalue weighted by molar-refractivity contribution is -0.138. The van der Waals surface area contributed by atoms with Crippen molar-refractivity contribution < 1.29 is 19.2 Å². The van der Waals surface area contributed by atoms with Crippen molar-refractivity contribution in [1.29, 1.82) is 0 Å². The predicted molar refractivity (Wildman–Crippen MR) is 102 cm³/mol. The first-order chi connectivity index (χ1) is 13.0. The second kappa shape index (κ2) is 10.2. The van der Waals surface area contributed by atoms with Crippen molar-refractivity contribution in [3.05, 3.63) is 24.3 Å². The number of hydrogen-bond acceptors (Lipinski definition) is 4. The van der Waals surface area contributed by atoms with E-state index in [9.17, 15) is 19.2 Å². The maximum Gasteiger partial charge on any atom is 0.253 e. The van der Waals surface area contributed by atoms with Crippen LogP contribution in [0.4, 0.5) is 0 Å². The lowest BCUT2D eigenvalue weighted by Crippen LogP contribution is -2.31. The highest BCUT2D eigenvalue weighted by molar-refractivity contribution is 6.13. The molecule has 0 saturated carbocycles. The van der Waals surface area contributed by atoms with Gasteiger partial charge in [-0.25, -0.2) is 0 Å². The van der Waals surface area contributed by atoms with Crippen molar-refractivity contribution in [2.75, 3.05) is 13.1 Å². The first-order valence-corrected chi connectivity index (χ1v) is 10.0. The second-order valence-electron chi connectivity index (χ2n) is 7.39. The summed E-state index contributed by atoms with van der Waals surface area (Å²) in [5, 5.41) is 0. The van der Waals surface area contributed by atoms with Gasteiger partial charge in [-0.15, -0.1) is 0 Å². The predicted octanol–water partition coefficient (Wildman–Crippen LogP) is 2.84. The SMILES string of the molecule is CCC(CCCN1C(=O)C=CC1=O)CC(CC)CCCN1C(=O)C=CC1=O. The van der Waals surface area contributed by atoms with Crippen LogP contribution in [0.15, 0.2) is 24.3 Å². The molecule has 0 N–H and O–H groups in total. The molecule has 0 aromatic carbocycles. The van der Waals surface area contributed by atoms with Crippen molar-refractivity contribution in [3.63, 3.8) is 0 Å². The zero-order valence-corrected chi connectivity index (χ0v) is 16.4. The topological polar surface area (TPSA) is 74.8 Å². The number of carbonyl (C=O) groups excluding carboxylic acids is 4. The molecule has 0 aliphatic carbocycles. The van der Waals surface area contributed by atoms with Gasteiger partial charge in [0.25, 0.3) is 23.6 Å². The summed E-state index contributed by atoms with van der Waals surface area (Å²) < 4.78 is 0. The maximum absolute atomic E-state index is 11.6. The van der Waals surface area contributed by atoms with E-state index in [-0.39, 0.29) is 23.6 Å². The minimum Gasteiger partial charge on any atom is -0.275 e. The van der Waals surface area contributed by atoms with E-state index in [0.717, 1.165) is 44.9 Å². The maximum atomic E-state index is 11.6. The molecule has 0 radical (unpaired) electrons. The summed E-state index contributed by atoms with van der Waals surface area (Å²) in [6.45, 7) is 5.34. The molecule has 0 saturated heterocycles. The molecule has 2 aliphatic heterocycles. The summed E-state index contributed by atoms with van der Waals surface area (Å²) >= 11 is 0. The van der Waals surface area contributed by atoms with Gasteiger partial charge in [-0.1, -0.05) is 26.7 Å². The molecule has 0 fully saturated rings. The zero-order valence-electron chi connectivity index (χ0n) is 16.4. The summed E-state index contributed by atoms with van der Waals surface area (Å²) in [6.07, 6.45) is 12.2. The van der Waals surface area contributed by atoms with Gasteiger partial charge < -0.3 is 0 Å². The summed E-state index contributed by atoms with van der Waals surface area (Å²) in [6, 6.07) is 0. The number of hydrogen-bond donors (Lipinski definition) is 0. The van der Waals surface area contributed by atoms with E-state index >= 15 is 0 Å². The molecule has 0 bridgehead atoms. The van der Waals surface area contributed by atoms with Gasteiger partial charge in [-0.3, -0.25) is 29.0 Å². The number of carbonyl (C=O) groups is 4. The van der Waals surface area contributed by atoms with E-state index in [2.05, 4.69) is 13.8 Å². The Balaban J connectivity index is 1.69. The Morgan fingerprint density at radius 3 is 1.30 bits per heavy atom. The Labute approximate surface area is 161 Å². The van der Waals surface area contributed by atoms with Crippen LogP contribution in [0.25, 0.3) is 0 Å². The third-order valence-electron chi connectivity index (χ3n) is 5.61. The monoisotopic (exact) mass is 374 g/mol. The number of imide groups is 2. The molecule has 6 nitrogen and oxygen atoms in total. The standard InChI is InChI=1S/C21H30N2O4/c1-3-16(7-5-13-22-18(24)9-10-19(22)25)15-17(4-2)8-6-14-23-20(26)11-12-21(23)27/h9-12,16-17H,3-8,13-15H2,1-2H3. The zero-order chi connectivity index (χ0) is 19.8. The van der Waals surface area contributed by atoms with Crippen LogP contribution >= 0.6 is 0 Å². The van der Waals surface area contributed by atoms with Crippen molar-refractivity contribution in [1.82, 2.24) is 9.80 Å². The normalized spacial score (nSPS) is 18.9. The van der Waals surface area contributed by atoms with Gasteiger partial charge in [0.05, 0.1) is 0 Å². The van der Waals surface area contributed by atoms with E-state index in [1.165, 1.54) is 34.1 Å². The third-order valence-corrected chi connectivity index (χ3v) is 5.61. The molecule has 6 heteroatoms. The Morgan fingerprint density at radius 2 is 1.00 bits per heavy atom. The first kappa shape index (κ1) is 21.1. The van der Waals surface area contributed by atoms with Crippen LogP contribution in [-0.4, -0.2) is 46.5 Å². The lowest BCUT2D eigenvalue weighted by Gasteiger charge is -2.23. The van der Waals surface area contributed by atoms with E-state index in [1.807, 2.05) is 0 Å². The molecule has 0 aromatic heterocycles. The molecule has 2 rings (SSSR count). The van der Waals surface area contributed by atoms with E-state index in [4.69, 9.17) is 0 Å². The number of rotatable bonds is 12. The number of nitrogens with zero attached hydrogens (tertiary/aromatic N) is 2. The summed E-state index contributed by atoms with van der Waals surface area (Å²) in [7, 11) is 0. The highest BCUT2D eigenvalue weighted by atomic mass is 16.2. The molecule has 2 heterocycles. The molecule has 4 amide bonds. The van der Waals surface area contributed by atoms with Crippen molar-refractivity contribution >= 4 is 23.6 Å². The summed E-state index contributed by atoms with van der Waals surface area (Å²) in [5.74, 6) is 0.291. The van der Waals surface area contributed by atoms with Crippen LogP contribution in [0.2, 0.25) is 0 Å². The van der Waals surface area contributed by atoms with Crippen LogP contribution in [0.1, 0.15) is 58.8 Å². The molecule has 0 aromatic rings. The van der Waals surface area contributed by atoms with Crippen LogP contribution in [0.3, 0.4) is 0 Å². The minimum atomic E-state index is -0.208. The summed E-state index contributed by atoms with van der Waals surface area (Å²) in [5.41, 5.74) is 0. The molecular weight excluding hydrogens is 344 g/mol. The molecule has 27 heavy (non-hydrogen) atoms. The molecule has 2 unspecified atom stereocenters. The fraction of sp³-hybridized carbons (Fsp3) is 0.619. The van der Waals surface area contributed by atoms with Crippen molar-refractivity contribution in [2.24, 2.45) is 11.8 Å². The van der Waals surface area contributed by atoms with E-state index in [0.29, 0.717) is 24.9 Å². The Morgan fingerprint density at radius 1 is 0.667 bits per heavy atom. The summed E-state index contributed by atoms with van der Waals surface area (Å²) in [4.78, 5) is 49.0. The van der Waals surface area contributed by atoms with Gasteiger partial charge >= 0.3 is 0 Å². The van der Waals surface area contributed by atoms with Gasteiger partial charge in [0.1, 0.15) is 0 Å². The van der Waals surface area contributed by atoms with Crippen LogP contribution in [0, 0.1) is 11.8 Å². The fourth-order valence-corrected chi connectivity index (χ4v) is 3.83. The highest BCUT2D eigenvalue weighted by Gasteiger charge is 2.24. The van der Waals surface area contributed by atoms with Crippen molar-refractivity contribution in [2.45, 2.75) is 58.8 Å². The number of amides is 4. The fourth-order valence-electron chi connectivity index (χ4n) is 3.83. The average molecular weight is 374 g/mol. The first-order valence-electron chi connectivity index (χ1n) is 10.0. The smallest absolute Gasteiger partial charge is 0.253 e. The minimum absolute atomic E-state index is 0.208. The van der Waals surface area contributed by atoms with Gasteiger partial charge in [0.15, 0.2) is 0 Å². The van der Waals surface area contributed by atoms with E-state index < -0.39 is 0 Å². The van der Waals surface area contributed by atoms with Crippen LogP contribution < -0.4 is 0 Å². The second-order valence-corrected chi connectivity index (χ2v) is 7.39. The molecule has 2 atom stereocenters. The van der Waals surface area contributed by atoms with Gasteiger partial charge in [0.2, 0.25) is 0 Å². The third kappa shape index (κ3) is 5.88.